The van der Waals surface area contributed by atoms with Crippen molar-refractivity contribution in [1.82, 2.24) is 9.88 Å². The second-order valence-electron chi connectivity index (χ2n) is 4.45. The van der Waals surface area contributed by atoms with Gasteiger partial charge in [-0.2, -0.15) is 13.2 Å². The van der Waals surface area contributed by atoms with Gasteiger partial charge in [0.2, 0.25) is 0 Å². The Hall–Kier alpha value is -1.99. The highest BCUT2D eigenvalue weighted by atomic mass is 19.4. The van der Waals surface area contributed by atoms with Crippen LogP contribution in [0.25, 0.3) is 0 Å². The number of hydrogen-bond donors (Lipinski definition) is 2. The fourth-order valence-electron chi connectivity index (χ4n) is 2.14. The number of aliphatic carboxylic acids is 1. The first-order valence-electron chi connectivity index (χ1n) is 5.51. The predicted molar refractivity (Wildman–Crippen MR) is 57.4 cm³/mol. The summed E-state index contributed by atoms with van der Waals surface area (Å²) in [7, 11) is 0. The lowest BCUT2D eigenvalue weighted by atomic mass is 9.86. The number of carboxylic acids is 1. The van der Waals surface area contributed by atoms with Crippen molar-refractivity contribution < 1.29 is 27.9 Å². The Bertz CT molecular complexity index is 498. The average Bonchev–Trinajstić information content (AvgIpc) is 2.97. The number of amides is 1. The van der Waals surface area contributed by atoms with Crippen molar-refractivity contribution in [2.75, 3.05) is 13.1 Å². The molecule has 0 spiro atoms. The lowest BCUT2D eigenvalue weighted by molar-refractivity contribution is -0.227. The second-order valence-corrected chi connectivity index (χ2v) is 4.45. The number of alkyl halides is 3. The van der Waals surface area contributed by atoms with E-state index in [1.54, 1.807) is 0 Å². The smallest absolute Gasteiger partial charge is 0.406 e. The summed E-state index contributed by atoms with van der Waals surface area (Å²) in [5, 5.41) is 8.86. The summed E-state index contributed by atoms with van der Waals surface area (Å²) in [5.74, 6) is -2.57. The quantitative estimate of drug-likeness (QED) is 0.859. The Labute approximate surface area is 106 Å². The van der Waals surface area contributed by atoms with Crippen molar-refractivity contribution in [2.24, 2.45) is 5.41 Å². The van der Waals surface area contributed by atoms with Crippen LogP contribution < -0.4 is 0 Å². The zero-order chi connectivity index (χ0) is 14.3. The number of carbonyl (C=O) groups excluding carboxylic acids is 1. The number of likely N-dealkylation sites (tertiary alicyclic amines) is 1. The zero-order valence-corrected chi connectivity index (χ0v) is 9.70. The first kappa shape index (κ1) is 13.4. The molecular weight excluding hydrogens is 265 g/mol. The summed E-state index contributed by atoms with van der Waals surface area (Å²) < 4.78 is 38.8. The summed E-state index contributed by atoms with van der Waals surface area (Å²) in [4.78, 5) is 26.3. The molecular formula is C11H11F3N2O3. The maximum Gasteiger partial charge on any atom is 0.406 e. The molecule has 0 aliphatic carbocycles. The van der Waals surface area contributed by atoms with Gasteiger partial charge >= 0.3 is 12.1 Å². The summed E-state index contributed by atoms with van der Waals surface area (Å²) in [5.41, 5.74) is -2.72. The standard InChI is InChI=1S/C11H11F3N2O3/c12-11(13,14)10(9(18)19)3-5-16(6-10)8(17)7-2-1-4-15-7/h1-2,4,15H,3,5-6H2,(H,18,19). The molecule has 1 amide bonds. The van der Waals surface area contributed by atoms with Crippen molar-refractivity contribution in [3.63, 3.8) is 0 Å². The maximum atomic E-state index is 12.9. The van der Waals surface area contributed by atoms with Crippen LogP contribution in [0.5, 0.6) is 0 Å². The van der Waals surface area contributed by atoms with Crippen LogP contribution in [0.3, 0.4) is 0 Å². The molecule has 2 heterocycles. The molecule has 5 nitrogen and oxygen atoms in total. The first-order valence-corrected chi connectivity index (χ1v) is 5.51. The van der Waals surface area contributed by atoms with Gasteiger partial charge in [0.05, 0.1) is 0 Å². The van der Waals surface area contributed by atoms with E-state index < -0.39 is 36.4 Å². The van der Waals surface area contributed by atoms with Gasteiger partial charge in [0.25, 0.3) is 5.91 Å². The fourth-order valence-corrected chi connectivity index (χ4v) is 2.14. The molecule has 1 aliphatic heterocycles. The highest BCUT2D eigenvalue weighted by molar-refractivity contribution is 5.93. The molecule has 1 unspecified atom stereocenters. The summed E-state index contributed by atoms with van der Waals surface area (Å²) in [6.07, 6.45) is -4.04. The molecule has 1 atom stereocenters. The van der Waals surface area contributed by atoms with Gasteiger partial charge in [0, 0.05) is 19.3 Å². The van der Waals surface area contributed by atoms with E-state index in [4.69, 9.17) is 5.11 Å². The topological polar surface area (TPSA) is 73.4 Å². The number of hydrogen-bond acceptors (Lipinski definition) is 2. The molecule has 1 saturated heterocycles. The third kappa shape index (κ3) is 2.06. The van der Waals surface area contributed by atoms with Crippen LogP contribution in [-0.2, 0) is 4.79 Å². The zero-order valence-electron chi connectivity index (χ0n) is 9.70. The molecule has 0 bridgehead atoms. The molecule has 19 heavy (non-hydrogen) atoms. The number of carbonyl (C=O) groups is 2. The van der Waals surface area contributed by atoms with Crippen LogP contribution >= 0.6 is 0 Å². The van der Waals surface area contributed by atoms with E-state index in [2.05, 4.69) is 4.98 Å². The fraction of sp³-hybridized carbons (Fsp3) is 0.455. The Morgan fingerprint density at radius 3 is 2.53 bits per heavy atom. The molecule has 104 valence electrons. The van der Waals surface area contributed by atoms with E-state index in [9.17, 15) is 22.8 Å². The number of H-pyrrole nitrogens is 1. The van der Waals surface area contributed by atoms with Crippen LogP contribution in [0, 0.1) is 5.41 Å². The molecule has 1 aromatic rings. The first-order chi connectivity index (χ1) is 8.78. The van der Waals surface area contributed by atoms with Crippen LogP contribution in [0.4, 0.5) is 13.2 Å². The lowest BCUT2D eigenvalue weighted by Crippen LogP contribution is -2.47. The maximum absolute atomic E-state index is 12.9. The van der Waals surface area contributed by atoms with E-state index in [1.807, 2.05) is 0 Å². The Morgan fingerprint density at radius 2 is 2.11 bits per heavy atom. The monoisotopic (exact) mass is 276 g/mol. The molecule has 1 aromatic heterocycles. The number of halogens is 3. The summed E-state index contributed by atoms with van der Waals surface area (Å²) in [6, 6.07) is 2.97. The van der Waals surface area contributed by atoms with Crippen LogP contribution in [-0.4, -0.2) is 46.1 Å². The van der Waals surface area contributed by atoms with Crippen LogP contribution in [0.2, 0.25) is 0 Å². The largest absolute Gasteiger partial charge is 0.481 e. The molecule has 2 N–H and O–H groups in total. The van der Waals surface area contributed by atoms with E-state index in [0.29, 0.717) is 0 Å². The molecule has 1 aliphatic rings. The number of nitrogens with zero attached hydrogens (tertiary/aromatic N) is 1. The Morgan fingerprint density at radius 1 is 1.42 bits per heavy atom. The highest BCUT2D eigenvalue weighted by Gasteiger charge is 2.64. The molecule has 2 rings (SSSR count). The minimum atomic E-state index is -4.89. The molecule has 0 saturated carbocycles. The van der Waals surface area contributed by atoms with Crippen molar-refractivity contribution >= 4 is 11.9 Å². The van der Waals surface area contributed by atoms with Crippen molar-refractivity contribution in [3.8, 4) is 0 Å². The average molecular weight is 276 g/mol. The van der Waals surface area contributed by atoms with Crippen molar-refractivity contribution in [2.45, 2.75) is 12.6 Å². The lowest BCUT2D eigenvalue weighted by Gasteiger charge is -2.27. The van der Waals surface area contributed by atoms with Gasteiger partial charge in [-0.25, -0.2) is 0 Å². The minimum Gasteiger partial charge on any atom is -0.481 e. The van der Waals surface area contributed by atoms with E-state index in [1.165, 1.54) is 18.3 Å². The van der Waals surface area contributed by atoms with E-state index in [-0.39, 0.29) is 12.2 Å². The minimum absolute atomic E-state index is 0.142. The number of nitrogens with one attached hydrogen (secondary N) is 1. The Kier molecular flexibility index (Phi) is 3.03. The van der Waals surface area contributed by atoms with Gasteiger partial charge < -0.3 is 15.0 Å². The van der Waals surface area contributed by atoms with Crippen molar-refractivity contribution in [1.29, 1.82) is 0 Å². The van der Waals surface area contributed by atoms with Gasteiger partial charge in [-0.05, 0) is 18.6 Å². The van der Waals surface area contributed by atoms with Crippen molar-refractivity contribution in [3.05, 3.63) is 24.0 Å². The normalized spacial score (nSPS) is 23.6. The number of carboxylic acid groups (broad SMARTS) is 1. The summed E-state index contributed by atoms with van der Waals surface area (Å²) >= 11 is 0. The number of aromatic nitrogens is 1. The molecule has 1 fully saturated rings. The van der Waals surface area contributed by atoms with E-state index in [0.717, 1.165) is 4.90 Å². The number of rotatable bonds is 2. The predicted octanol–water partition coefficient (Wildman–Crippen LogP) is 1.49. The van der Waals surface area contributed by atoms with Gasteiger partial charge in [-0.3, -0.25) is 9.59 Å². The SMILES string of the molecule is O=C(c1ccc[nH]1)N1CCC(C(=O)O)(C(F)(F)F)C1. The van der Waals surface area contributed by atoms with Gasteiger partial charge in [-0.1, -0.05) is 0 Å². The highest BCUT2D eigenvalue weighted by Crippen LogP contribution is 2.45. The van der Waals surface area contributed by atoms with Crippen LogP contribution in [0.15, 0.2) is 18.3 Å². The van der Waals surface area contributed by atoms with Gasteiger partial charge in [-0.15, -0.1) is 0 Å². The van der Waals surface area contributed by atoms with Gasteiger partial charge in [0.1, 0.15) is 5.69 Å². The van der Waals surface area contributed by atoms with Crippen LogP contribution in [0.1, 0.15) is 16.9 Å². The van der Waals surface area contributed by atoms with E-state index >= 15 is 0 Å². The van der Waals surface area contributed by atoms with Gasteiger partial charge in [0.15, 0.2) is 5.41 Å². The second kappa shape index (κ2) is 4.29. The molecule has 0 radical (unpaired) electrons. The third-order valence-corrected chi connectivity index (χ3v) is 3.34. The Balaban J connectivity index is 2.23. The summed E-state index contributed by atoms with van der Waals surface area (Å²) in [6.45, 7) is -1.09. The third-order valence-electron chi connectivity index (χ3n) is 3.34. The molecule has 0 aromatic carbocycles. The molecule has 8 heteroatoms. The number of aromatic amines is 1.